The van der Waals surface area contributed by atoms with Crippen LogP contribution in [0.5, 0.6) is 5.75 Å². The highest BCUT2D eigenvalue weighted by atomic mass is 35.5. The van der Waals surface area contributed by atoms with E-state index in [-0.39, 0.29) is 44.8 Å². The number of hydrogen-bond acceptors (Lipinski definition) is 4. The largest absolute Gasteiger partial charge is 0.483 e. The number of hydrogen-bond donors (Lipinski definition) is 1. The molecule has 0 unspecified atom stereocenters. The number of aromatic nitrogens is 2. The Morgan fingerprint density at radius 2 is 1.73 bits per heavy atom. The summed E-state index contributed by atoms with van der Waals surface area (Å²) in [7, 11) is 0. The summed E-state index contributed by atoms with van der Waals surface area (Å²) in [5.74, 6) is -0.0481. The maximum absolute atomic E-state index is 13.1. The van der Waals surface area contributed by atoms with Crippen molar-refractivity contribution in [3.8, 4) is 5.75 Å². The van der Waals surface area contributed by atoms with Crippen LogP contribution in [0.15, 0.2) is 59.1 Å². The fourth-order valence-electron chi connectivity index (χ4n) is 2.90. The summed E-state index contributed by atoms with van der Waals surface area (Å²) in [6.45, 7) is 0.343. The Hall–Kier alpha value is -2.71. The topological polar surface area (TPSA) is 69.3 Å². The zero-order valence-corrected chi connectivity index (χ0v) is 19.6. The predicted molar refractivity (Wildman–Crippen MR) is 125 cm³/mol. The Kier molecular flexibility index (Phi) is 7.14. The van der Waals surface area contributed by atoms with Crippen molar-refractivity contribution in [3.05, 3.63) is 97.7 Å². The molecule has 0 aliphatic rings. The first-order valence-corrected chi connectivity index (χ1v) is 10.9. The SMILES string of the molecule is O=C(Nc1nn(Cc2ccc(F)cc2)cc1Cl)c1ccc(COc2c(Cl)cc(Cl)cc2Cl)o1. The molecule has 11 heteroatoms. The molecule has 0 aliphatic carbocycles. The summed E-state index contributed by atoms with van der Waals surface area (Å²) in [4.78, 5) is 12.6. The molecule has 0 saturated heterocycles. The van der Waals surface area contributed by atoms with E-state index in [9.17, 15) is 9.18 Å². The van der Waals surface area contributed by atoms with Crippen molar-refractivity contribution in [1.82, 2.24) is 9.78 Å². The highest BCUT2D eigenvalue weighted by Gasteiger charge is 2.17. The van der Waals surface area contributed by atoms with E-state index in [1.165, 1.54) is 35.0 Å². The van der Waals surface area contributed by atoms with E-state index in [0.717, 1.165) is 5.56 Å². The highest BCUT2D eigenvalue weighted by molar-refractivity contribution is 6.40. The first kappa shape index (κ1) is 23.4. The van der Waals surface area contributed by atoms with Crippen LogP contribution >= 0.6 is 46.4 Å². The Balaban J connectivity index is 1.39. The normalized spacial score (nSPS) is 10.9. The van der Waals surface area contributed by atoms with Gasteiger partial charge in [-0.1, -0.05) is 58.5 Å². The Morgan fingerprint density at radius 3 is 2.42 bits per heavy atom. The molecule has 1 amide bonds. The molecule has 4 rings (SSSR count). The van der Waals surface area contributed by atoms with Gasteiger partial charge in [0.15, 0.2) is 17.3 Å². The molecule has 0 aliphatic heterocycles. The molecule has 4 aromatic rings. The van der Waals surface area contributed by atoms with E-state index >= 15 is 0 Å². The number of nitrogens with zero attached hydrogens (tertiary/aromatic N) is 2. The lowest BCUT2D eigenvalue weighted by molar-refractivity contribution is 0.0992. The first-order chi connectivity index (χ1) is 15.8. The molecule has 0 bridgehead atoms. The number of amides is 1. The number of benzene rings is 2. The van der Waals surface area contributed by atoms with Gasteiger partial charge in [0.2, 0.25) is 0 Å². The third-order valence-corrected chi connectivity index (χ3v) is 5.47. The second-order valence-electron chi connectivity index (χ2n) is 6.86. The van der Waals surface area contributed by atoms with Gasteiger partial charge in [0.1, 0.15) is 23.2 Å². The molecule has 6 nitrogen and oxygen atoms in total. The van der Waals surface area contributed by atoms with Gasteiger partial charge >= 0.3 is 0 Å². The fourth-order valence-corrected chi connectivity index (χ4v) is 4.02. The number of carbonyl (C=O) groups is 1. The molecule has 2 aromatic carbocycles. The molecule has 0 saturated carbocycles. The molecule has 33 heavy (non-hydrogen) atoms. The van der Waals surface area contributed by atoms with Gasteiger partial charge in [0.25, 0.3) is 5.91 Å². The molecule has 0 spiro atoms. The zero-order valence-electron chi connectivity index (χ0n) is 16.6. The molecular weight excluding hydrogens is 515 g/mol. The molecular formula is C22H14Cl4FN3O3. The van der Waals surface area contributed by atoms with Gasteiger partial charge in [-0.3, -0.25) is 9.48 Å². The van der Waals surface area contributed by atoms with Crippen LogP contribution in [-0.4, -0.2) is 15.7 Å². The second kappa shape index (κ2) is 10.1. The van der Waals surface area contributed by atoms with Crippen molar-refractivity contribution >= 4 is 58.1 Å². The van der Waals surface area contributed by atoms with E-state index in [0.29, 0.717) is 17.3 Å². The van der Waals surface area contributed by atoms with Gasteiger partial charge in [-0.2, -0.15) is 5.10 Å². The predicted octanol–water partition coefficient (Wildman–Crippen LogP) is 7.11. The summed E-state index contributed by atoms with van der Waals surface area (Å²) in [6.07, 6.45) is 1.56. The number of ether oxygens (including phenoxy) is 1. The monoisotopic (exact) mass is 527 g/mol. The van der Waals surface area contributed by atoms with E-state index in [4.69, 9.17) is 55.6 Å². The minimum absolute atomic E-state index is 0.0125. The van der Waals surface area contributed by atoms with Crippen LogP contribution in [0.4, 0.5) is 10.2 Å². The molecule has 170 valence electrons. The molecule has 2 aromatic heterocycles. The fraction of sp³-hybridized carbons (Fsp3) is 0.0909. The number of anilines is 1. The second-order valence-corrected chi connectivity index (χ2v) is 8.52. The van der Waals surface area contributed by atoms with Crippen molar-refractivity contribution in [2.75, 3.05) is 5.32 Å². The zero-order chi connectivity index (χ0) is 23.5. The van der Waals surface area contributed by atoms with E-state index in [1.807, 2.05) is 0 Å². The molecule has 0 fully saturated rings. The third kappa shape index (κ3) is 5.81. The average Bonchev–Trinajstić information content (AvgIpc) is 3.36. The van der Waals surface area contributed by atoms with Crippen LogP contribution in [0.2, 0.25) is 20.1 Å². The molecule has 0 atom stereocenters. The lowest BCUT2D eigenvalue weighted by Gasteiger charge is -2.09. The van der Waals surface area contributed by atoms with E-state index in [1.54, 1.807) is 24.4 Å². The van der Waals surface area contributed by atoms with Crippen molar-refractivity contribution in [3.63, 3.8) is 0 Å². The van der Waals surface area contributed by atoms with Crippen LogP contribution in [0, 0.1) is 5.82 Å². The van der Waals surface area contributed by atoms with Gasteiger partial charge in [-0.05, 0) is 42.0 Å². The standard InChI is InChI=1S/C22H14Cl4FN3O3/c23-13-7-16(24)20(17(25)8-13)32-11-15-5-6-19(33-15)22(31)28-21-18(26)10-30(29-21)9-12-1-3-14(27)4-2-12/h1-8,10H,9,11H2,(H,28,29,31). The van der Waals surface area contributed by atoms with Crippen molar-refractivity contribution < 1.29 is 18.3 Å². The maximum atomic E-state index is 13.1. The lowest BCUT2D eigenvalue weighted by Crippen LogP contribution is -2.12. The third-order valence-electron chi connectivity index (χ3n) is 4.41. The number of rotatable bonds is 7. The summed E-state index contributed by atoms with van der Waals surface area (Å²) >= 11 is 24.3. The molecule has 0 radical (unpaired) electrons. The highest BCUT2D eigenvalue weighted by Crippen LogP contribution is 2.36. The maximum Gasteiger partial charge on any atom is 0.292 e. The molecule has 2 heterocycles. The van der Waals surface area contributed by atoms with Crippen LogP contribution in [0.25, 0.3) is 0 Å². The van der Waals surface area contributed by atoms with E-state index in [2.05, 4.69) is 10.4 Å². The summed E-state index contributed by atoms with van der Waals surface area (Å²) < 4.78 is 25.7. The van der Waals surface area contributed by atoms with Crippen LogP contribution in [0.3, 0.4) is 0 Å². The van der Waals surface area contributed by atoms with Crippen molar-refractivity contribution in [2.24, 2.45) is 0 Å². The van der Waals surface area contributed by atoms with E-state index < -0.39 is 5.91 Å². The smallest absolute Gasteiger partial charge is 0.292 e. The van der Waals surface area contributed by atoms with Crippen LogP contribution in [-0.2, 0) is 13.2 Å². The Labute approximate surface area is 207 Å². The summed E-state index contributed by atoms with van der Waals surface area (Å²) in [5.41, 5.74) is 0.824. The van der Waals surface area contributed by atoms with Gasteiger partial charge < -0.3 is 14.5 Å². The first-order valence-electron chi connectivity index (χ1n) is 9.43. The van der Waals surface area contributed by atoms with Gasteiger partial charge in [-0.15, -0.1) is 0 Å². The van der Waals surface area contributed by atoms with Crippen molar-refractivity contribution in [1.29, 1.82) is 0 Å². The van der Waals surface area contributed by atoms with Crippen molar-refractivity contribution in [2.45, 2.75) is 13.2 Å². The van der Waals surface area contributed by atoms with Gasteiger partial charge in [0, 0.05) is 11.2 Å². The minimum atomic E-state index is -0.544. The van der Waals surface area contributed by atoms with Crippen LogP contribution < -0.4 is 10.1 Å². The van der Waals surface area contributed by atoms with Crippen LogP contribution in [0.1, 0.15) is 21.9 Å². The van der Waals surface area contributed by atoms with Gasteiger partial charge in [-0.25, -0.2) is 4.39 Å². The number of furan rings is 1. The Bertz CT molecular complexity index is 1280. The quantitative estimate of drug-likeness (QED) is 0.277. The number of carbonyl (C=O) groups excluding carboxylic acids is 1. The summed E-state index contributed by atoms with van der Waals surface area (Å²) in [5, 5.41) is 7.98. The van der Waals surface area contributed by atoms with Gasteiger partial charge in [0.05, 0.1) is 16.6 Å². The average molecular weight is 529 g/mol. The summed E-state index contributed by atoms with van der Waals surface area (Å²) in [6, 6.07) is 12.1. The molecule has 1 N–H and O–H groups in total. The Morgan fingerprint density at radius 1 is 1.03 bits per heavy atom. The number of nitrogens with one attached hydrogen (secondary N) is 1. The lowest BCUT2D eigenvalue weighted by atomic mass is 10.2. The minimum Gasteiger partial charge on any atom is -0.483 e. The number of halogens is 5.